The molecule has 4 N–H and O–H groups in total. The lowest BCUT2D eigenvalue weighted by Crippen LogP contribution is -2.47. The molecule has 8 heteroatoms. The van der Waals surface area contributed by atoms with Crippen molar-refractivity contribution in [3.63, 3.8) is 0 Å². The summed E-state index contributed by atoms with van der Waals surface area (Å²) in [6, 6.07) is 3.19. The van der Waals surface area contributed by atoms with Gasteiger partial charge in [-0.25, -0.2) is 0 Å². The highest BCUT2D eigenvalue weighted by Crippen LogP contribution is 2.27. The number of primary amides is 1. The van der Waals surface area contributed by atoms with Crippen LogP contribution in [0.3, 0.4) is 0 Å². The van der Waals surface area contributed by atoms with Crippen LogP contribution in [0.4, 0.5) is 0 Å². The van der Waals surface area contributed by atoms with Gasteiger partial charge in [0.2, 0.25) is 0 Å². The van der Waals surface area contributed by atoms with E-state index in [-0.39, 0.29) is 30.2 Å². The van der Waals surface area contributed by atoms with Crippen molar-refractivity contribution in [1.82, 2.24) is 0 Å². The summed E-state index contributed by atoms with van der Waals surface area (Å²) in [5.74, 6) is 1.73. The highest BCUT2D eigenvalue weighted by atomic mass is 79.9. The summed E-state index contributed by atoms with van der Waals surface area (Å²) in [5, 5.41) is 19.3. The summed E-state index contributed by atoms with van der Waals surface area (Å²) in [5.41, 5.74) is 5.53. The normalized spacial score (nSPS) is 27.0. The molecule has 120 valence electrons. The second-order valence-electron chi connectivity index (χ2n) is 4.62. The van der Waals surface area contributed by atoms with Crippen LogP contribution in [0.2, 0.25) is 0 Å². The molecule has 1 aliphatic rings. The number of aliphatic hydroxyl groups is 2. The summed E-state index contributed by atoms with van der Waals surface area (Å²) in [7, 11) is 0. The number of carbonyl (C=O) groups is 1. The van der Waals surface area contributed by atoms with Gasteiger partial charge in [-0.05, 0) is 6.07 Å². The maximum Gasteiger partial charge on any atom is 0.292 e. The molecule has 22 heavy (non-hydrogen) atoms. The van der Waals surface area contributed by atoms with Crippen molar-refractivity contribution in [3.8, 4) is 12.3 Å². The number of terminal acetylenes is 1. The number of rotatable bonds is 5. The molecule has 4 atom stereocenters. The van der Waals surface area contributed by atoms with Gasteiger partial charge in [-0.15, -0.1) is 23.4 Å². The second-order valence-corrected chi connectivity index (χ2v) is 4.62. The number of nitrogens with zero attached hydrogens (tertiary/aromatic N) is 1. The van der Waals surface area contributed by atoms with Crippen molar-refractivity contribution in [2.45, 2.75) is 24.5 Å². The Morgan fingerprint density at radius 3 is 2.91 bits per heavy atom. The van der Waals surface area contributed by atoms with Gasteiger partial charge in [0.1, 0.15) is 24.4 Å². The third-order valence-corrected chi connectivity index (χ3v) is 3.25. The maximum atomic E-state index is 11.2. The fourth-order valence-electron chi connectivity index (χ4n) is 2.23. The average molecular weight is 374 g/mol. The highest BCUT2D eigenvalue weighted by molar-refractivity contribution is 8.93. The molecule has 1 fully saturated rings. The minimum Gasteiger partial charge on any atom is -0.394 e. The number of aliphatic hydroxyl groups excluding tert-OH is 2. The monoisotopic (exact) mass is 373 g/mol. The Labute approximate surface area is 138 Å². The van der Waals surface area contributed by atoms with E-state index in [9.17, 15) is 15.0 Å². The zero-order chi connectivity index (χ0) is 15.4. The van der Waals surface area contributed by atoms with Crippen LogP contribution < -0.4 is 10.3 Å². The van der Waals surface area contributed by atoms with Crippen LogP contribution in [0, 0.1) is 12.3 Å². The number of hydrogen-bond acceptors (Lipinski definition) is 5. The first-order chi connectivity index (χ1) is 10.1. The third kappa shape index (κ3) is 3.82. The van der Waals surface area contributed by atoms with Crippen LogP contribution in [-0.2, 0) is 9.47 Å². The van der Waals surface area contributed by atoms with Crippen molar-refractivity contribution in [3.05, 3.63) is 30.1 Å². The van der Waals surface area contributed by atoms with Gasteiger partial charge in [-0.2, -0.15) is 4.57 Å². The molecule has 1 amide bonds. The molecule has 1 aromatic rings. The van der Waals surface area contributed by atoms with E-state index in [1.807, 2.05) is 0 Å². The Kier molecular flexibility index (Phi) is 6.93. The van der Waals surface area contributed by atoms with E-state index in [4.69, 9.17) is 21.6 Å². The van der Waals surface area contributed by atoms with E-state index in [1.165, 1.54) is 6.20 Å². The van der Waals surface area contributed by atoms with E-state index in [1.54, 1.807) is 22.9 Å². The van der Waals surface area contributed by atoms with Gasteiger partial charge in [0.05, 0.1) is 6.61 Å². The number of pyridine rings is 1. The molecule has 0 aromatic carbocycles. The SMILES string of the molecule is Br.C#CCO[C@@H]1[C@H](O)[C@@H](CO)O[C@H]1[n+]1cccc(C(N)=O)c1. The van der Waals surface area contributed by atoms with Gasteiger partial charge < -0.3 is 25.4 Å². The summed E-state index contributed by atoms with van der Waals surface area (Å²) in [6.45, 7) is -0.362. The standard InChI is InChI=1S/C14H16N2O5.BrH/c1-2-6-20-12-11(18)10(8-17)21-14(12)16-5-3-4-9(7-16)13(15)19;/h1,3-5,7,10-12,14,17-18H,6,8H2,(H-,15,19);1H/p+1/t10-,11-,12-,14-;/m1./s1. The van der Waals surface area contributed by atoms with E-state index in [0.29, 0.717) is 5.56 Å². The first-order valence-corrected chi connectivity index (χ1v) is 6.38. The molecular weight excluding hydrogens is 356 g/mol. The van der Waals surface area contributed by atoms with E-state index in [0.717, 1.165) is 0 Å². The summed E-state index contributed by atoms with van der Waals surface area (Å²) in [6.07, 6.45) is 5.00. The van der Waals surface area contributed by atoms with Gasteiger partial charge in [-0.3, -0.25) is 4.79 Å². The predicted octanol–water partition coefficient (Wildman–Crippen LogP) is -1.08. The lowest BCUT2D eigenvalue weighted by Gasteiger charge is -2.16. The molecule has 2 rings (SSSR count). The van der Waals surface area contributed by atoms with Crippen LogP contribution in [0.1, 0.15) is 16.6 Å². The molecule has 0 radical (unpaired) electrons. The molecule has 0 saturated carbocycles. The smallest absolute Gasteiger partial charge is 0.292 e. The first kappa shape index (κ1) is 18.5. The quantitative estimate of drug-likeness (QED) is 0.449. The van der Waals surface area contributed by atoms with Crippen molar-refractivity contribution in [2.75, 3.05) is 13.2 Å². The van der Waals surface area contributed by atoms with Gasteiger partial charge >= 0.3 is 0 Å². The Bertz CT molecular complexity index is 562. The minimum atomic E-state index is -1.03. The Balaban J connectivity index is 0.00000242. The van der Waals surface area contributed by atoms with Gasteiger partial charge in [-0.1, -0.05) is 5.92 Å². The molecule has 0 aliphatic carbocycles. The van der Waals surface area contributed by atoms with Crippen LogP contribution >= 0.6 is 17.0 Å². The van der Waals surface area contributed by atoms with Gasteiger partial charge in [0, 0.05) is 6.07 Å². The molecular formula is C14H18BrN2O5+. The Morgan fingerprint density at radius 1 is 1.59 bits per heavy atom. The van der Waals surface area contributed by atoms with Gasteiger partial charge in [0.25, 0.3) is 12.1 Å². The molecule has 2 heterocycles. The Morgan fingerprint density at radius 2 is 2.32 bits per heavy atom. The molecule has 0 bridgehead atoms. The number of nitrogens with two attached hydrogens (primary N) is 1. The van der Waals surface area contributed by atoms with Crippen molar-refractivity contribution < 1.29 is 29.0 Å². The summed E-state index contributed by atoms with van der Waals surface area (Å²) < 4.78 is 12.5. The van der Waals surface area contributed by atoms with Crippen LogP contribution in [0.25, 0.3) is 0 Å². The average Bonchev–Trinajstić information content (AvgIpc) is 2.81. The molecule has 1 saturated heterocycles. The fraction of sp³-hybridized carbons (Fsp3) is 0.429. The third-order valence-electron chi connectivity index (χ3n) is 3.25. The first-order valence-electron chi connectivity index (χ1n) is 6.38. The predicted molar refractivity (Wildman–Crippen MR) is 81.1 cm³/mol. The van der Waals surface area contributed by atoms with Crippen molar-refractivity contribution in [1.29, 1.82) is 0 Å². The maximum absolute atomic E-state index is 11.2. The topological polar surface area (TPSA) is 106 Å². The lowest BCUT2D eigenvalue weighted by atomic mass is 10.1. The lowest BCUT2D eigenvalue weighted by molar-refractivity contribution is -0.766. The number of ether oxygens (including phenoxy) is 2. The highest BCUT2D eigenvalue weighted by Gasteiger charge is 2.49. The van der Waals surface area contributed by atoms with E-state index < -0.39 is 30.4 Å². The zero-order valence-corrected chi connectivity index (χ0v) is 13.4. The fourth-order valence-corrected chi connectivity index (χ4v) is 2.23. The molecule has 1 aromatic heterocycles. The van der Waals surface area contributed by atoms with Crippen LogP contribution in [0.5, 0.6) is 0 Å². The molecule has 0 spiro atoms. The minimum absolute atomic E-state index is 0. The molecule has 0 unspecified atom stereocenters. The zero-order valence-electron chi connectivity index (χ0n) is 11.7. The summed E-state index contributed by atoms with van der Waals surface area (Å²) >= 11 is 0. The number of hydrogen-bond donors (Lipinski definition) is 3. The number of halogens is 1. The molecule has 1 aliphatic heterocycles. The number of carbonyl (C=O) groups excluding carboxylic acids is 1. The van der Waals surface area contributed by atoms with E-state index in [2.05, 4.69) is 5.92 Å². The number of amides is 1. The second kappa shape index (κ2) is 8.22. The van der Waals surface area contributed by atoms with Crippen molar-refractivity contribution in [2.24, 2.45) is 5.73 Å². The van der Waals surface area contributed by atoms with Crippen LogP contribution in [0.15, 0.2) is 24.5 Å². The summed E-state index contributed by atoms with van der Waals surface area (Å²) in [4.78, 5) is 11.2. The largest absolute Gasteiger partial charge is 0.394 e. The van der Waals surface area contributed by atoms with Crippen LogP contribution in [-0.4, -0.2) is 47.6 Å². The van der Waals surface area contributed by atoms with Gasteiger partial charge in [0.15, 0.2) is 18.5 Å². The Hall–Kier alpha value is -1.50. The van der Waals surface area contributed by atoms with Crippen molar-refractivity contribution >= 4 is 22.9 Å². The van der Waals surface area contributed by atoms with E-state index >= 15 is 0 Å². The molecule has 7 nitrogen and oxygen atoms in total. The number of aromatic nitrogens is 1.